The predicted octanol–water partition coefficient (Wildman–Crippen LogP) is -1.90. The van der Waals surface area contributed by atoms with Crippen molar-refractivity contribution in [3.8, 4) is 0 Å². The van der Waals surface area contributed by atoms with Gasteiger partial charge in [0, 0.05) is 17.8 Å². The highest BCUT2D eigenvalue weighted by Crippen LogP contribution is 2.74. The first-order valence-electron chi connectivity index (χ1n) is 26.7. The molecule has 0 aromatic heterocycles. The number of rotatable bonds is 11. The molecule has 428 valence electrons. The number of carbonyl (C=O) groups is 2. The zero-order valence-corrected chi connectivity index (χ0v) is 43.7. The minimum absolute atomic E-state index is 0.0413. The van der Waals surface area contributed by atoms with Gasteiger partial charge in [-0.1, -0.05) is 60.1 Å². The van der Waals surface area contributed by atoms with E-state index in [0.717, 1.165) is 19.3 Å². The fourth-order valence-electron chi connectivity index (χ4n) is 15.7. The highest BCUT2D eigenvalue weighted by atomic mass is 16.8. The first kappa shape index (κ1) is 57.8. The van der Waals surface area contributed by atoms with Crippen LogP contribution in [0, 0.1) is 44.8 Å². The Labute approximate surface area is 435 Å². The third-order valence-electron chi connectivity index (χ3n) is 20.4. The molecule has 13 N–H and O–H groups in total. The van der Waals surface area contributed by atoms with Crippen LogP contribution >= 0.6 is 0 Å². The Kier molecular flexibility index (Phi) is 15.8. The number of allylic oxidation sites excluding steroid dienone is 1. The van der Waals surface area contributed by atoms with Crippen molar-refractivity contribution in [2.75, 3.05) is 19.8 Å². The molecule has 23 heteroatoms. The Morgan fingerprint density at radius 3 is 1.89 bits per heavy atom. The van der Waals surface area contributed by atoms with Gasteiger partial charge < -0.3 is 104 Å². The number of aliphatic hydroxyl groups is 12. The number of ether oxygens (including phenoxy) is 8. The summed E-state index contributed by atoms with van der Waals surface area (Å²) in [4.78, 5) is 27.3. The smallest absolute Gasteiger partial charge is 0.335 e. The van der Waals surface area contributed by atoms with E-state index in [2.05, 4.69) is 40.7 Å². The van der Waals surface area contributed by atoms with Crippen LogP contribution in [0.25, 0.3) is 0 Å². The average molecular weight is 1080 g/mol. The number of carboxylic acid groups (broad SMARTS) is 1. The molecule has 4 aliphatic heterocycles. The molecular weight excluding hydrogens is 993 g/mol. The number of Topliss-reactive ketones (excluding diaryl/α,β-unsaturated/α-hetero) is 1. The lowest BCUT2D eigenvalue weighted by Crippen LogP contribution is -2.69. The van der Waals surface area contributed by atoms with Crippen molar-refractivity contribution < 1.29 is 114 Å². The SMILES string of the molecule is CC1(C)CC[C@]2(O)C(=O)C[C@]3(C)C(=CC[C@@H]4[C@@]5(C)CC[C@H](O[C@@H]6O[C@H](C(=O)O)[C@@H](O)[C@H](O[C@@H]7O[C@H](CO)[C@H](O)[C@H](O)[C@H]7O[C@@H]7OC[C@@H](O)[C@H](O)[C@H]7O)[C@H]6O[C@H]6O[C@@H](CO)[C@@H](O)[C@@H](O)[C@@H]6O)C(C)(C)C5CC[C@]43C)[C@@H]2C1. The van der Waals surface area contributed by atoms with E-state index in [1.165, 1.54) is 5.57 Å². The van der Waals surface area contributed by atoms with Crippen molar-refractivity contribution in [3.63, 3.8) is 0 Å². The molecule has 9 rings (SSSR count). The second kappa shape index (κ2) is 20.6. The van der Waals surface area contributed by atoms with Crippen LogP contribution in [0.4, 0.5) is 0 Å². The van der Waals surface area contributed by atoms with Crippen molar-refractivity contribution in [2.24, 2.45) is 44.8 Å². The molecule has 1 unspecified atom stereocenters. The van der Waals surface area contributed by atoms with E-state index in [4.69, 9.17) is 37.9 Å². The molecule has 9 aliphatic rings. The molecular formula is C52H82O23. The maximum absolute atomic E-state index is 14.3. The molecule has 4 heterocycles. The zero-order chi connectivity index (χ0) is 54.9. The molecule has 0 aromatic carbocycles. The van der Waals surface area contributed by atoms with Gasteiger partial charge in [0.1, 0.15) is 91.1 Å². The Morgan fingerprint density at radius 2 is 1.24 bits per heavy atom. The first-order valence-corrected chi connectivity index (χ1v) is 26.7. The quantitative estimate of drug-likeness (QED) is 0.0794. The molecule has 0 spiro atoms. The van der Waals surface area contributed by atoms with Crippen LogP contribution in [0.1, 0.15) is 106 Å². The minimum atomic E-state index is -2.24. The second-order valence-electron chi connectivity index (χ2n) is 25.4. The maximum Gasteiger partial charge on any atom is 0.335 e. The zero-order valence-electron chi connectivity index (χ0n) is 43.7. The number of aliphatic carboxylic acids is 1. The van der Waals surface area contributed by atoms with Gasteiger partial charge in [0.2, 0.25) is 0 Å². The number of fused-ring (bicyclic) bond motifs is 7. The van der Waals surface area contributed by atoms with E-state index >= 15 is 0 Å². The summed E-state index contributed by atoms with van der Waals surface area (Å²) in [6.45, 7) is 13.0. The van der Waals surface area contributed by atoms with Gasteiger partial charge in [0.05, 0.1) is 25.9 Å². The molecule has 0 amide bonds. The van der Waals surface area contributed by atoms with Crippen LogP contribution < -0.4 is 0 Å². The van der Waals surface area contributed by atoms with E-state index < -0.39 is 165 Å². The molecule has 5 aliphatic carbocycles. The fourth-order valence-corrected chi connectivity index (χ4v) is 15.7. The monoisotopic (exact) mass is 1070 g/mol. The lowest BCUT2D eigenvalue weighted by molar-refractivity contribution is -0.405. The van der Waals surface area contributed by atoms with Gasteiger partial charge >= 0.3 is 5.97 Å². The van der Waals surface area contributed by atoms with Crippen LogP contribution in [0.5, 0.6) is 0 Å². The molecule has 27 atom stereocenters. The molecule has 4 saturated carbocycles. The molecule has 75 heavy (non-hydrogen) atoms. The number of carboxylic acids is 1. The fraction of sp³-hybridized carbons (Fsp3) is 0.923. The van der Waals surface area contributed by atoms with Crippen molar-refractivity contribution in [3.05, 3.63) is 11.6 Å². The van der Waals surface area contributed by atoms with Gasteiger partial charge in [-0.3, -0.25) is 4.79 Å². The van der Waals surface area contributed by atoms with E-state index in [1.54, 1.807) is 0 Å². The highest BCUT2D eigenvalue weighted by Gasteiger charge is 2.71. The van der Waals surface area contributed by atoms with Crippen molar-refractivity contribution in [1.29, 1.82) is 0 Å². The average Bonchev–Trinajstić information content (AvgIpc) is 3.34. The first-order chi connectivity index (χ1) is 35.0. The van der Waals surface area contributed by atoms with Gasteiger partial charge in [-0.05, 0) is 84.9 Å². The third-order valence-corrected chi connectivity index (χ3v) is 20.4. The van der Waals surface area contributed by atoms with E-state index in [1.807, 2.05) is 13.8 Å². The Bertz CT molecular complexity index is 2120. The summed E-state index contributed by atoms with van der Waals surface area (Å²) in [6.07, 6.45) is -29.1. The number of hydrogen-bond donors (Lipinski definition) is 13. The Balaban J connectivity index is 1.04. The number of carbonyl (C=O) groups excluding carboxylic acids is 1. The van der Waals surface area contributed by atoms with Crippen LogP contribution in [0.15, 0.2) is 11.6 Å². The van der Waals surface area contributed by atoms with Crippen molar-refractivity contribution in [2.45, 2.75) is 235 Å². The summed E-state index contributed by atoms with van der Waals surface area (Å²) < 4.78 is 48.5. The van der Waals surface area contributed by atoms with Crippen molar-refractivity contribution in [1.82, 2.24) is 0 Å². The van der Waals surface area contributed by atoms with Gasteiger partial charge in [0.25, 0.3) is 0 Å². The van der Waals surface area contributed by atoms with Crippen LogP contribution in [0.3, 0.4) is 0 Å². The molecule has 8 fully saturated rings. The molecule has 0 bridgehead atoms. The van der Waals surface area contributed by atoms with Gasteiger partial charge in [0.15, 0.2) is 37.0 Å². The van der Waals surface area contributed by atoms with Gasteiger partial charge in [-0.15, -0.1) is 0 Å². The second-order valence-corrected chi connectivity index (χ2v) is 25.4. The molecule has 0 aromatic rings. The number of hydrogen-bond acceptors (Lipinski definition) is 22. The van der Waals surface area contributed by atoms with Crippen LogP contribution in [0.2, 0.25) is 0 Å². The highest BCUT2D eigenvalue weighted by molar-refractivity contribution is 5.91. The third kappa shape index (κ3) is 9.40. The summed E-state index contributed by atoms with van der Waals surface area (Å²) in [7, 11) is 0. The molecule has 4 saturated heterocycles. The number of ketones is 1. The lowest BCUT2D eigenvalue weighted by atomic mass is 9.34. The summed E-state index contributed by atoms with van der Waals surface area (Å²) in [5.74, 6) is -2.00. The summed E-state index contributed by atoms with van der Waals surface area (Å²) in [5.41, 5.74) is -2.15. The minimum Gasteiger partial charge on any atom is -0.479 e. The van der Waals surface area contributed by atoms with E-state index in [9.17, 15) is 76.0 Å². The molecule has 0 radical (unpaired) electrons. The maximum atomic E-state index is 14.3. The van der Waals surface area contributed by atoms with Crippen LogP contribution in [-0.2, 0) is 47.5 Å². The van der Waals surface area contributed by atoms with Crippen molar-refractivity contribution >= 4 is 11.8 Å². The largest absolute Gasteiger partial charge is 0.479 e. The van der Waals surface area contributed by atoms with Crippen LogP contribution in [-0.4, -0.2) is 226 Å². The molecule has 23 nitrogen and oxygen atoms in total. The Hall–Kier alpha value is -1.92. The summed E-state index contributed by atoms with van der Waals surface area (Å²) in [5, 5.41) is 142. The van der Waals surface area contributed by atoms with E-state index in [0.29, 0.717) is 32.1 Å². The van der Waals surface area contributed by atoms with Gasteiger partial charge in [-0.2, -0.15) is 0 Å². The topological polar surface area (TPSA) is 371 Å². The number of aliphatic hydroxyl groups excluding tert-OH is 11. The summed E-state index contributed by atoms with van der Waals surface area (Å²) in [6, 6.07) is 0. The lowest BCUT2D eigenvalue weighted by Gasteiger charge is -2.71. The summed E-state index contributed by atoms with van der Waals surface area (Å²) >= 11 is 0. The normalized spacial score (nSPS) is 53.6. The van der Waals surface area contributed by atoms with E-state index in [-0.39, 0.29) is 46.2 Å². The Morgan fingerprint density at radius 1 is 0.640 bits per heavy atom. The standard InChI is InChI=1S/C52H82O23/c1-47(2)14-15-52(67)22(16-47)21-8-9-27-49(5)12-11-29(48(3,4)26(49)10-13-50(27,6)51(21,7)17-28(52)56)71-46-41(75-44-36(63)33(60)31(58)24(18-53)69-44)38(37(64)39(73-46)42(65)66)72-45-40(34(61)32(59)25(19-54)70-45)74-43-35(62)30(57)23(55)20-68-43/h8,22-27,29-41,43-46,53-55,57-64,67H,9-20H2,1-7H3,(H,65,66)/t22-,23+,24-,25+,26?,27+,29-,30-,31+,32-,33+,34-,35+,36-,37-,38-,39-,40+,41+,43-,44+,45-,46+,49-,50+,51+,52+/m0/s1. The predicted molar refractivity (Wildman–Crippen MR) is 253 cm³/mol. The van der Waals surface area contributed by atoms with Gasteiger partial charge in [-0.25, -0.2) is 4.79 Å².